The van der Waals surface area contributed by atoms with Gasteiger partial charge in [-0.3, -0.25) is 0 Å². The first-order valence-electron chi connectivity index (χ1n) is 9.36. The minimum atomic E-state index is 0.724. The average molecular weight is 361 g/mol. The van der Waals surface area contributed by atoms with Gasteiger partial charge in [-0.05, 0) is 30.5 Å². The van der Waals surface area contributed by atoms with Crippen molar-refractivity contribution in [3.63, 3.8) is 0 Å². The summed E-state index contributed by atoms with van der Waals surface area (Å²) < 4.78 is 0. The monoisotopic (exact) mass is 361 g/mol. The molecule has 0 atom stereocenters. The predicted octanol–water partition coefficient (Wildman–Crippen LogP) is 6.50. The lowest BCUT2D eigenvalue weighted by molar-refractivity contribution is 1.22. The molecule has 0 aliphatic rings. The normalized spacial score (nSPS) is 11.0. The van der Waals surface area contributed by atoms with Crippen molar-refractivity contribution in [1.29, 1.82) is 0 Å². The van der Waals surface area contributed by atoms with Crippen LogP contribution >= 0.6 is 0 Å². The third-order valence-electron chi connectivity index (χ3n) is 4.96. The van der Waals surface area contributed by atoms with Crippen molar-refractivity contribution in [2.45, 2.75) is 6.92 Å². The Balaban J connectivity index is 1.68. The highest BCUT2D eigenvalue weighted by atomic mass is 15.0. The molecule has 0 fully saturated rings. The Morgan fingerprint density at radius 2 is 1.36 bits per heavy atom. The summed E-state index contributed by atoms with van der Waals surface area (Å²) in [5.74, 6) is 1.54. The topological polar surface area (TPSA) is 37.8 Å². The third kappa shape index (κ3) is 2.97. The molecule has 3 nitrogen and oxygen atoms in total. The van der Waals surface area contributed by atoms with Crippen LogP contribution in [0.2, 0.25) is 0 Å². The van der Waals surface area contributed by atoms with E-state index in [-0.39, 0.29) is 0 Å². The van der Waals surface area contributed by atoms with Crippen LogP contribution in [-0.4, -0.2) is 9.97 Å². The summed E-state index contributed by atoms with van der Waals surface area (Å²) in [4.78, 5) is 9.67. The molecule has 5 rings (SSSR count). The summed E-state index contributed by atoms with van der Waals surface area (Å²) in [5, 5.41) is 6.94. The highest BCUT2D eigenvalue weighted by Crippen LogP contribution is 2.30. The fraction of sp³-hybridized carbons (Fsp3) is 0.0400. The van der Waals surface area contributed by atoms with E-state index < -0.39 is 0 Å². The van der Waals surface area contributed by atoms with E-state index in [4.69, 9.17) is 9.97 Å². The van der Waals surface area contributed by atoms with E-state index in [1.165, 1.54) is 16.3 Å². The largest absolute Gasteiger partial charge is 0.339 e. The summed E-state index contributed by atoms with van der Waals surface area (Å²) in [6, 6.07) is 31.1. The number of rotatable bonds is 3. The maximum Gasteiger partial charge on any atom is 0.162 e. The van der Waals surface area contributed by atoms with Gasteiger partial charge in [-0.2, -0.15) is 0 Å². The maximum atomic E-state index is 4.88. The molecule has 0 amide bonds. The number of benzene rings is 4. The highest BCUT2D eigenvalue weighted by Gasteiger charge is 2.11. The molecule has 0 bridgehead atoms. The smallest absolute Gasteiger partial charge is 0.162 e. The zero-order valence-corrected chi connectivity index (χ0v) is 15.6. The number of para-hydroxylation sites is 1. The number of nitrogens with zero attached hydrogens (tertiary/aromatic N) is 2. The van der Waals surface area contributed by atoms with Gasteiger partial charge in [-0.15, -0.1) is 0 Å². The fourth-order valence-electron chi connectivity index (χ4n) is 3.47. The van der Waals surface area contributed by atoms with Gasteiger partial charge in [-0.25, -0.2) is 9.97 Å². The van der Waals surface area contributed by atoms with E-state index in [2.05, 4.69) is 85.0 Å². The lowest BCUT2D eigenvalue weighted by atomic mass is 10.1. The van der Waals surface area contributed by atoms with Gasteiger partial charge >= 0.3 is 0 Å². The highest BCUT2D eigenvalue weighted by molar-refractivity contribution is 5.99. The number of nitrogens with one attached hydrogen (secondary N) is 1. The Labute approximate surface area is 163 Å². The second-order valence-electron chi connectivity index (χ2n) is 6.93. The van der Waals surface area contributed by atoms with E-state index in [0.29, 0.717) is 0 Å². The summed E-state index contributed by atoms with van der Waals surface area (Å²) in [6.07, 6.45) is 0. The van der Waals surface area contributed by atoms with Crippen LogP contribution in [0.5, 0.6) is 0 Å². The summed E-state index contributed by atoms with van der Waals surface area (Å²) >= 11 is 0. The molecule has 134 valence electrons. The summed E-state index contributed by atoms with van der Waals surface area (Å²) in [6.45, 7) is 2.08. The first-order valence-corrected chi connectivity index (χ1v) is 9.36. The fourth-order valence-corrected chi connectivity index (χ4v) is 3.47. The van der Waals surface area contributed by atoms with Crippen LogP contribution in [0, 0.1) is 6.92 Å². The second kappa shape index (κ2) is 6.78. The standard InChI is InChI=1S/C25H19N3/c1-17-13-15-19(16-14-17)24-26-23-11-5-4-10-21(23)25(28-24)27-22-12-6-8-18-7-2-3-9-20(18)22/h2-16H,1H3,(H,26,27,28). The van der Waals surface area contributed by atoms with Gasteiger partial charge in [0.25, 0.3) is 0 Å². The predicted molar refractivity (Wildman–Crippen MR) is 117 cm³/mol. The minimum absolute atomic E-state index is 0.724. The van der Waals surface area contributed by atoms with Crippen LogP contribution in [0.15, 0.2) is 91.0 Å². The molecule has 0 aliphatic carbocycles. The van der Waals surface area contributed by atoms with Crippen molar-refractivity contribution in [3.05, 3.63) is 96.6 Å². The molecule has 0 radical (unpaired) electrons. The first kappa shape index (κ1) is 16.5. The lowest BCUT2D eigenvalue weighted by Gasteiger charge is -2.13. The second-order valence-corrected chi connectivity index (χ2v) is 6.93. The van der Waals surface area contributed by atoms with Crippen molar-refractivity contribution in [3.8, 4) is 11.4 Å². The first-order chi connectivity index (χ1) is 13.8. The van der Waals surface area contributed by atoms with Gasteiger partial charge in [0.05, 0.1) is 5.52 Å². The average Bonchev–Trinajstić information content (AvgIpc) is 2.74. The van der Waals surface area contributed by atoms with Gasteiger partial charge in [0.2, 0.25) is 0 Å². The zero-order valence-electron chi connectivity index (χ0n) is 15.6. The van der Waals surface area contributed by atoms with Crippen LogP contribution < -0.4 is 5.32 Å². The van der Waals surface area contributed by atoms with E-state index in [0.717, 1.165) is 33.8 Å². The number of fused-ring (bicyclic) bond motifs is 2. The van der Waals surface area contributed by atoms with Crippen molar-refractivity contribution in [2.24, 2.45) is 0 Å². The number of aryl methyl sites for hydroxylation is 1. The van der Waals surface area contributed by atoms with Crippen LogP contribution in [0.25, 0.3) is 33.1 Å². The third-order valence-corrected chi connectivity index (χ3v) is 4.96. The van der Waals surface area contributed by atoms with E-state index in [9.17, 15) is 0 Å². The minimum Gasteiger partial charge on any atom is -0.339 e. The molecule has 1 aromatic heterocycles. The molecule has 1 N–H and O–H groups in total. The number of hydrogen-bond acceptors (Lipinski definition) is 3. The van der Waals surface area contributed by atoms with Crippen LogP contribution in [0.1, 0.15) is 5.56 Å². The molecular formula is C25H19N3. The Kier molecular flexibility index (Phi) is 3.99. The van der Waals surface area contributed by atoms with Gasteiger partial charge < -0.3 is 5.32 Å². The van der Waals surface area contributed by atoms with E-state index in [1.807, 2.05) is 18.2 Å². The van der Waals surface area contributed by atoms with Crippen LogP contribution in [0.4, 0.5) is 11.5 Å². The van der Waals surface area contributed by atoms with Crippen LogP contribution in [-0.2, 0) is 0 Å². The molecule has 1 heterocycles. The zero-order chi connectivity index (χ0) is 18.9. The molecule has 3 heteroatoms. The number of anilines is 2. The summed E-state index contributed by atoms with van der Waals surface area (Å²) in [5.41, 5.74) is 4.20. The molecule has 0 spiro atoms. The van der Waals surface area contributed by atoms with Crippen molar-refractivity contribution < 1.29 is 0 Å². The quantitative estimate of drug-likeness (QED) is 0.398. The van der Waals surface area contributed by atoms with Crippen molar-refractivity contribution in [1.82, 2.24) is 9.97 Å². The Hall–Kier alpha value is -3.72. The molecule has 0 saturated heterocycles. The molecule has 5 aromatic rings. The van der Waals surface area contributed by atoms with Gasteiger partial charge in [0, 0.05) is 22.0 Å². The molecule has 0 unspecified atom stereocenters. The number of aromatic nitrogens is 2. The van der Waals surface area contributed by atoms with Crippen LogP contribution in [0.3, 0.4) is 0 Å². The SMILES string of the molecule is Cc1ccc(-c2nc(Nc3cccc4ccccc34)c3ccccc3n2)cc1. The number of hydrogen-bond donors (Lipinski definition) is 1. The van der Waals surface area contributed by atoms with E-state index in [1.54, 1.807) is 0 Å². The molecule has 4 aromatic carbocycles. The van der Waals surface area contributed by atoms with Gasteiger partial charge in [0.1, 0.15) is 5.82 Å². The van der Waals surface area contributed by atoms with Crippen molar-refractivity contribution >= 4 is 33.2 Å². The maximum absolute atomic E-state index is 4.88. The molecule has 0 saturated carbocycles. The lowest BCUT2D eigenvalue weighted by Crippen LogP contribution is -2.00. The van der Waals surface area contributed by atoms with Crippen molar-refractivity contribution in [2.75, 3.05) is 5.32 Å². The Bertz CT molecular complexity index is 1290. The molecular weight excluding hydrogens is 342 g/mol. The van der Waals surface area contributed by atoms with Gasteiger partial charge in [0.15, 0.2) is 5.82 Å². The van der Waals surface area contributed by atoms with E-state index >= 15 is 0 Å². The Morgan fingerprint density at radius 1 is 0.643 bits per heavy atom. The molecule has 0 aliphatic heterocycles. The van der Waals surface area contributed by atoms with Gasteiger partial charge in [-0.1, -0.05) is 78.4 Å². The molecule has 28 heavy (non-hydrogen) atoms. The Morgan fingerprint density at radius 3 is 2.21 bits per heavy atom. The summed E-state index contributed by atoms with van der Waals surface area (Å²) in [7, 11) is 0.